The monoisotopic (exact) mass is 785 g/mol. The highest BCUT2D eigenvalue weighted by atomic mass is 32.2. The summed E-state index contributed by atoms with van der Waals surface area (Å²) < 4.78 is 56.0. The van der Waals surface area contributed by atoms with Crippen molar-refractivity contribution >= 4 is 39.7 Å². The van der Waals surface area contributed by atoms with Crippen LogP contribution in [0.1, 0.15) is 72.6 Å². The fraction of sp³-hybridized carbons (Fsp3) is 0.400. The van der Waals surface area contributed by atoms with Crippen LogP contribution in [0, 0.1) is 0 Å². The summed E-state index contributed by atoms with van der Waals surface area (Å²) in [6.07, 6.45) is 7.03. The Hall–Kier alpha value is -5.06. The van der Waals surface area contributed by atoms with Gasteiger partial charge in [0.1, 0.15) is 11.0 Å². The van der Waals surface area contributed by atoms with E-state index in [2.05, 4.69) is 58.2 Å². The van der Waals surface area contributed by atoms with Crippen LogP contribution < -0.4 is 10.6 Å². The van der Waals surface area contributed by atoms with Gasteiger partial charge in [0.15, 0.2) is 5.82 Å². The molecule has 2 unspecified atom stereocenters. The number of aryl methyl sites for hydroxylation is 1. The summed E-state index contributed by atoms with van der Waals surface area (Å²) >= 11 is 0. The van der Waals surface area contributed by atoms with E-state index in [1.54, 1.807) is 0 Å². The van der Waals surface area contributed by atoms with Crippen LogP contribution >= 0.6 is 0 Å². The number of anilines is 1. The zero-order chi connectivity index (χ0) is 39.0. The van der Waals surface area contributed by atoms with Gasteiger partial charge in [0.25, 0.3) is 0 Å². The molecule has 0 aliphatic carbocycles. The van der Waals surface area contributed by atoms with Crippen molar-refractivity contribution < 1.29 is 27.0 Å². The quantitative estimate of drug-likeness (QED) is 0.174. The molecule has 3 aromatic heterocycles. The van der Waals surface area contributed by atoms with Crippen molar-refractivity contribution in [3.8, 4) is 11.4 Å². The lowest BCUT2D eigenvalue weighted by Crippen LogP contribution is -2.40. The molecule has 3 aliphatic rings. The molecule has 16 heteroatoms. The van der Waals surface area contributed by atoms with Crippen LogP contribution in [0.2, 0.25) is 0 Å². The van der Waals surface area contributed by atoms with Gasteiger partial charge in [0.05, 0.1) is 16.4 Å². The number of alkyl halides is 3. The standard InChI is InChI=1S/C40H42F3N9O3S/c1-50-24-34(33-7-8-36(53)49-38(33)54)32-6-5-27(18-35(32)50)26-9-13-51(14-10-26)23-25-19-44-37(45-20-25)28-3-2-4-31(17-28)56(55)52-15-11-30(12-16-52)48-39-46-21-29(22-47-39)40(41,42)43/h2-6,17-22,24,26,30,33H,7-16,23H2,1H3,(H,46,47,48)(H,49,53,54). The summed E-state index contributed by atoms with van der Waals surface area (Å²) in [5, 5.41) is 6.65. The van der Waals surface area contributed by atoms with Crippen LogP contribution in [0.5, 0.6) is 0 Å². The highest BCUT2D eigenvalue weighted by Crippen LogP contribution is 2.36. The Morgan fingerprint density at radius 2 is 1.62 bits per heavy atom. The number of nitrogens with one attached hydrogen (secondary N) is 2. The molecule has 8 rings (SSSR count). The molecule has 3 fully saturated rings. The first kappa shape index (κ1) is 37.8. The molecule has 2 amide bonds. The Morgan fingerprint density at radius 1 is 0.893 bits per heavy atom. The van der Waals surface area contributed by atoms with Gasteiger partial charge in [-0.1, -0.05) is 24.3 Å². The van der Waals surface area contributed by atoms with Crippen LogP contribution in [0.4, 0.5) is 19.1 Å². The number of hydrogen-bond donors (Lipinski definition) is 2. The van der Waals surface area contributed by atoms with Crippen molar-refractivity contribution in [3.05, 3.63) is 95.7 Å². The summed E-state index contributed by atoms with van der Waals surface area (Å²) in [6, 6.07) is 14.0. The Labute approximate surface area is 324 Å². The molecular formula is C40H42F3N9O3S. The smallest absolute Gasteiger partial charge is 0.351 e. The molecule has 0 spiro atoms. The molecule has 2 N–H and O–H groups in total. The predicted molar refractivity (Wildman–Crippen MR) is 204 cm³/mol. The maximum absolute atomic E-state index is 13.5. The van der Waals surface area contributed by atoms with Crippen LogP contribution in [-0.4, -0.2) is 82.0 Å². The van der Waals surface area contributed by atoms with E-state index in [1.807, 2.05) is 54.2 Å². The number of piperidine rings is 3. The summed E-state index contributed by atoms with van der Waals surface area (Å²) in [7, 11) is 0.605. The first-order valence-corrected chi connectivity index (χ1v) is 20.0. The van der Waals surface area contributed by atoms with Crippen LogP contribution in [0.25, 0.3) is 22.3 Å². The van der Waals surface area contributed by atoms with Crippen LogP contribution in [-0.2, 0) is 40.3 Å². The molecule has 292 valence electrons. The number of nitrogens with zero attached hydrogens (tertiary/aromatic N) is 7. The molecule has 0 bridgehead atoms. The van der Waals surface area contributed by atoms with Crippen molar-refractivity contribution in [2.45, 2.75) is 74.0 Å². The molecular weight excluding hydrogens is 744 g/mol. The topological polar surface area (TPSA) is 138 Å². The Kier molecular flexibility index (Phi) is 10.7. The SMILES string of the molecule is Cn1cc(C2CCC(=O)NC2=O)c2ccc(C3CCN(Cc4cnc(-c5cccc(S(=O)N6CCC(Nc7ncc(C(F)(F)F)cn7)CC6)c5)nc4)CC3)cc21. The van der Waals surface area contributed by atoms with E-state index < -0.39 is 22.7 Å². The number of likely N-dealkylation sites (tertiary alicyclic amines) is 1. The van der Waals surface area contributed by atoms with E-state index in [-0.39, 0.29) is 29.7 Å². The maximum atomic E-state index is 13.5. The number of amides is 2. The van der Waals surface area contributed by atoms with Crippen molar-refractivity contribution in [1.29, 1.82) is 0 Å². The molecule has 56 heavy (non-hydrogen) atoms. The number of carbonyl (C=O) groups excluding carboxylic acids is 2. The zero-order valence-corrected chi connectivity index (χ0v) is 31.7. The van der Waals surface area contributed by atoms with Crippen molar-refractivity contribution in [2.24, 2.45) is 7.05 Å². The third-order valence-electron chi connectivity index (χ3n) is 11.1. The van der Waals surface area contributed by atoms with E-state index in [9.17, 15) is 27.0 Å². The fourth-order valence-electron chi connectivity index (χ4n) is 8.01. The molecule has 2 aromatic carbocycles. The molecule has 2 atom stereocenters. The lowest BCUT2D eigenvalue weighted by Gasteiger charge is -2.32. The zero-order valence-electron chi connectivity index (χ0n) is 30.8. The summed E-state index contributed by atoms with van der Waals surface area (Å²) in [5.74, 6) is 0.408. The molecule has 3 aliphatic heterocycles. The average Bonchev–Trinajstić information content (AvgIpc) is 3.53. The largest absolute Gasteiger partial charge is 0.419 e. The lowest BCUT2D eigenvalue weighted by molar-refractivity contribution is -0.138. The second-order valence-corrected chi connectivity index (χ2v) is 16.3. The minimum Gasteiger partial charge on any atom is -0.351 e. The molecule has 12 nitrogen and oxygen atoms in total. The van der Waals surface area contributed by atoms with Gasteiger partial charge < -0.3 is 9.88 Å². The number of rotatable bonds is 9. The molecule has 6 heterocycles. The van der Waals surface area contributed by atoms with Gasteiger partial charge >= 0.3 is 6.18 Å². The van der Waals surface area contributed by atoms with Gasteiger partial charge in [-0.3, -0.25) is 19.8 Å². The van der Waals surface area contributed by atoms with Crippen LogP contribution in [0.15, 0.2) is 78.3 Å². The molecule has 5 aromatic rings. The molecule has 3 saturated heterocycles. The summed E-state index contributed by atoms with van der Waals surface area (Å²) in [5.41, 5.74) is 4.29. The Balaban J connectivity index is 0.827. The fourth-order valence-corrected chi connectivity index (χ4v) is 9.28. The van der Waals surface area contributed by atoms with Gasteiger partial charge in [-0.2, -0.15) is 13.2 Å². The molecule has 0 saturated carbocycles. The number of aromatic nitrogens is 5. The second kappa shape index (κ2) is 15.8. The first-order valence-electron chi connectivity index (χ1n) is 18.9. The van der Waals surface area contributed by atoms with Crippen molar-refractivity contribution in [2.75, 3.05) is 31.5 Å². The number of hydrogen-bond acceptors (Lipinski definition) is 9. The minimum absolute atomic E-state index is 0.0436. The summed E-state index contributed by atoms with van der Waals surface area (Å²) in [6.45, 7) is 3.71. The van der Waals surface area contributed by atoms with Gasteiger partial charge in [-0.25, -0.2) is 28.5 Å². The van der Waals surface area contributed by atoms with E-state index in [0.29, 0.717) is 55.4 Å². The minimum atomic E-state index is -4.49. The maximum Gasteiger partial charge on any atom is 0.419 e. The number of fused-ring (bicyclic) bond motifs is 1. The van der Waals surface area contributed by atoms with E-state index in [4.69, 9.17) is 0 Å². The Morgan fingerprint density at radius 3 is 2.32 bits per heavy atom. The normalized spacial score (nSPS) is 20.0. The van der Waals surface area contributed by atoms with E-state index in [0.717, 1.165) is 72.5 Å². The van der Waals surface area contributed by atoms with Gasteiger partial charge in [0, 0.05) is 92.2 Å². The number of halogens is 3. The second-order valence-electron chi connectivity index (χ2n) is 14.9. The highest BCUT2D eigenvalue weighted by Gasteiger charge is 2.33. The number of benzene rings is 2. The number of carbonyl (C=O) groups is 2. The first-order chi connectivity index (χ1) is 27.0. The Bertz CT molecular complexity index is 2250. The lowest BCUT2D eigenvalue weighted by atomic mass is 9.87. The van der Waals surface area contributed by atoms with Gasteiger partial charge in [-0.05, 0) is 80.4 Å². The van der Waals surface area contributed by atoms with Gasteiger partial charge in [-0.15, -0.1) is 0 Å². The summed E-state index contributed by atoms with van der Waals surface area (Å²) in [4.78, 5) is 44.3. The predicted octanol–water partition coefficient (Wildman–Crippen LogP) is 5.94. The van der Waals surface area contributed by atoms with Crippen LogP contribution in [0.3, 0.4) is 0 Å². The third-order valence-corrected chi connectivity index (χ3v) is 12.6. The average molecular weight is 786 g/mol. The molecule has 0 radical (unpaired) electrons. The van der Waals surface area contributed by atoms with E-state index in [1.165, 1.54) is 5.56 Å². The van der Waals surface area contributed by atoms with Gasteiger partial charge in [0.2, 0.25) is 17.8 Å². The van der Waals surface area contributed by atoms with E-state index >= 15 is 0 Å². The highest BCUT2D eigenvalue weighted by molar-refractivity contribution is 7.82. The van der Waals surface area contributed by atoms with Crippen molar-refractivity contribution in [3.63, 3.8) is 0 Å². The number of imide groups is 1. The third kappa shape index (κ3) is 8.22. The van der Waals surface area contributed by atoms with Crippen molar-refractivity contribution in [1.82, 2.24) is 39.0 Å².